The Balaban J connectivity index is 2.00. The van der Waals surface area contributed by atoms with Crippen molar-refractivity contribution in [3.8, 4) is 5.75 Å². The summed E-state index contributed by atoms with van der Waals surface area (Å²) in [7, 11) is -2.11. The highest BCUT2D eigenvalue weighted by Crippen LogP contribution is 2.28. The maximum absolute atomic E-state index is 11.9. The number of methoxy groups -OCH3 is 1. The summed E-state index contributed by atoms with van der Waals surface area (Å²) >= 11 is 0. The van der Waals surface area contributed by atoms with Gasteiger partial charge in [-0.05, 0) is 24.3 Å². The second-order valence-electron chi connectivity index (χ2n) is 5.03. The third-order valence-corrected chi connectivity index (χ3v) is 3.56. The molecule has 0 aliphatic heterocycles. The van der Waals surface area contributed by atoms with Crippen molar-refractivity contribution in [2.75, 3.05) is 29.9 Å². The molecule has 0 aliphatic carbocycles. The summed E-state index contributed by atoms with van der Waals surface area (Å²) in [5, 5.41) is 4.99. The number of nitrogens with one attached hydrogen (secondary N) is 3. The number of rotatable bonds is 7. The van der Waals surface area contributed by atoms with Gasteiger partial charge in [0, 0.05) is 5.69 Å². The number of hydrogen-bond acceptors (Lipinski definition) is 6. The molecular formula is C15H17N3O6S. The number of benzene rings is 1. The van der Waals surface area contributed by atoms with Crippen LogP contribution in [0.25, 0.3) is 0 Å². The SMILES string of the molecule is COc1ccc(NC(=O)CNC(=O)c2ccoc2)cc1NS(C)(=O)=O. The van der Waals surface area contributed by atoms with Crippen LogP contribution in [0.2, 0.25) is 0 Å². The number of carbonyl (C=O) groups is 2. The number of furan rings is 1. The Labute approximate surface area is 144 Å². The Hall–Kier alpha value is -3.01. The van der Waals surface area contributed by atoms with Gasteiger partial charge >= 0.3 is 0 Å². The van der Waals surface area contributed by atoms with E-state index < -0.39 is 21.8 Å². The fourth-order valence-corrected chi connectivity index (χ4v) is 2.49. The number of anilines is 2. The number of carbonyl (C=O) groups excluding carboxylic acids is 2. The van der Waals surface area contributed by atoms with Crippen molar-refractivity contribution >= 4 is 33.2 Å². The lowest BCUT2D eigenvalue weighted by Crippen LogP contribution is -2.32. The summed E-state index contributed by atoms with van der Waals surface area (Å²) in [4.78, 5) is 23.6. The number of sulfonamides is 1. The summed E-state index contributed by atoms with van der Waals surface area (Å²) in [6.07, 6.45) is 3.62. The van der Waals surface area contributed by atoms with Gasteiger partial charge in [-0.2, -0.15) is 0 Å². The van der Waals surface area contributed by atoms with E-state index in [0.29, 0.717) is 17.0 Å². The first kappa shape index (κ1) is 18.3. The zero-order chi connectivity index (χ0) is 18.4. The molecule has 1 aromatic carbocycles. The van der Waals surface area contributed by atoms with Crippen LogP contribution in [0.4, 0.5) is 11.4 Å². The van der Waals surface area contributed by atoms with Crippen LogP contribution in [-0.2, 0) is 14.8 Å². The van der Waals surface area contributed by atoms with Crippen LogP contribution in [0.15, 0.2) is 41.2 Å². The predicted octanol–water partition coefficient (Wildman–Crippen LogP) is 1.03. The fraction of sp³-hybridized carbons (Fsp3) is 0.200. The van der Waals surface area contributed by atoms with E-state index in [1.165, 1.54) is 37.8 Å². The van der Waals surface area contributed by atoms with Gasteiger partial charge in [-0.3, -0.25) is 14.3 Å². The van der Waals surface area contributed by atoms with Crippen molar-refractivity contribution in [3.63, 3.8) is 0 Å². The van der Waals surface area contributed by atoms with Gasteiger partial charge < -0.3 is 19.8 Å². The van der Waals surface area contributed by atoms with E-state index >= 15 is 0 Å². The highest BCUT2D eigenvalue weighted by Gasteiger charge is 2.12. The van der Waals surface area contributed by atoms with Gasteiger partial charge in [-0.25, -0.2) is 8.42 Å². The first-order valence-electron chi connectivity index (χ1n) is 7.04. The molecule has 3 N–H and O–H groups in total. The third-order valence-electron chi connectivity index (χ3n) is 2.97. The minimum Gasteiger partial charge on any atom is -0.495 e. The number of hydrogen-bond donors (Lipinski definition) is 3. The molecule has 0 saturated carbocycles. The molecule has 1 aromatic heterocycles. The van der Waals surface area contributed by atoms with Crippen molar-refractivity contribution in [2.45, 2.75) is 0 Å². The minimum absolute atomic E-state index is 0.185. The van der Waals surface area contributed by atoms with Crippen LogP contribution < -0.4 is 20.1 Å². The van der Waals surface area contributed by atoms with Crippen LogP contribution in [0.1, 0.15) is 10.4 Å². The average Bonchev–Trinajstić information content (AvgIpc) is 3.06. The van der Waals surface area contributed by atoms with Crippen molar-refractivity contribution in [2.24, 2.45) is 0 Å². The average molecular weight is 367 g/mol. The maximum Gasteiger partial charge on any atom is 0.254 e. The standard InChI is InChI=1S/C15H17N3O6S/c1-23-13-4-3-11(7-12(13)18-25(2,21)22)17-14(19)8-16-15(20)10-5-6-24-9-10/h3-7,9,18H,8H2,1-2H3,(H,16,20)(H,17,19). The molecule has 0 bridgehead atoms. The van der Waals surface area contributed by atoms with Crippen LogP contribution in [0, 0.1) is 0 Å². The van der Waals surface area contributed by atoms with Crippen molar-refractivity contribution in [1.82, 2.24) is 5.32 Å². The summed E-state index contributed by atoms with van der Waals surface area (Å²) < 4.78 is 34.9. The van der Waals surface area contributed by atoms with E-state index in [2.05, 4.69) is 15.4 Å². The second kappa shape index (κ2) is 7.71. The van der Waals surface area contributed by atoms with E-state index in [1.54, 1.807) is 6.07 Å². The first-order valence-corrected chi connectivity index (χ1v) is 8.93. The molecule has 25 heavy (non-hydrogen) atoms. The van der Waals surface area contributed by atoms with Gasteiger partial charge in [0.25, 0.3) is 5.91 Å². The largest absolute Gasteiger partial charge is 0.495 e. The fourth-order valence-electron chi connectivity index (χ4n) is 1.93. The maximum atomic E-state index is 11.9. The Morgan fingerprint density at radius 1 is 1.24 bits per heavy atom. The van der Waals surface area contributed by atoms with Crippen molar-refractivity contribution in [1.29, 1.82) is 0 Å². The zero-order valence-electron chi connectivity index (χ0n) is 13.5. The summed E-state index contributed by atoms with van der Waals surface area (Å²) in [5.74, 6) is -0.623. The lowest BCUT2D eigenvalue weighted by atomic mass is 10.2. The van der Waals surface area contributed by atoms with Gasteiger partial charge in [-0.1, -0.05) is 0 Å². The lowest BCUT2D eigenvalue weighted by molar-refractivity contribution is -0.115. The monoisotopic (exact) mass is 367 g/mol. The van der Waals surface area contributed by atoms with E-state index in [1.807, 2.05) is 0 Å². The Kier molecular flexibility index (Phi) is 5.65. The quantitative estimate of drug-likeness (QED) is 0.671. The molecule has 0 fully saturated rings. The molecular weight excluding hydrogens is 350 g/mol. The highest BCUT2D eigenvalue weighted by atomic mass is 32.2. The van der Waals surface area contributed by atoms with E-state index in [-0.39, 0.29) is 12.2 Å². The molecule has 0 radical (unpaired) electrons. The van der Waals surface area contributed by atoms with Crippen molar-refractivity contribution in [3.05, 3.63) is 42.4 Å². The van der Waals surface area contributed by atoms with Crippen LogP contribution in [0.5, 0.6) is 5.75 Å². The lowest BCUT2D eigenvalue weighted by Gasteiger charge is -2.12. The smallest absolute Gasteiger partial charge is 0.254 e. The van der Waals surface area contributed by atoms with Gasteiger partial charge in [0.1, 0.15) is 12.0 Å². The molecule has 2 amide bonds. The molecule has 0 saturated heterocycles. The predicted molar refractivity (Wildman–Crippen MR) is 91.1 cm³/mol. The van der Waals surface area contributed by atoms with Crippen LogP contribution in [-0.4, -0.2) is 40.1 Å². The van der Waals surface area contributed by atoms with Gasteiger partial charge in [0.15, 0.2) is 0 Å². The minimum atomic E-state index is -3.51. The molecule has 0 atom stereocenters. The second-order valence-corrected chi connectivity index (χ2v) is 6.78. The molecule has 134 valence electrons. The highest BCUT2D eigenvalue weighted by molar-refractivity contribution is 7.92. The van der Waals surface area contributed by atoms with Gasteiger partial charge in [-0.15, -0.1) is 0 Å². The summed E-state index contributed by atoms with van der Waals surface area (Å²) in [5.41, 5.74) is 0.830. The van der Waals surface area contributed by atoms with Crippen molar-refractivity contribution < 1.29 is 27.2 Å². The Morgan fingerprint density at radius 2 is 2.00 bits per heavy atom. The normalized spacial score (nSPS) is 10.8. The Morgan fingerprint density at radius 3 is 2.60 bits per heavy atom. The number of ether oxygens (including phenoxy) is 1. The first-order chi connectivity index (χ1) is 11.8. The van der Waals surface area contributed by atoms with Crippen LogP contribution >= 0.6 is 0 Å². The molecule has 0 spiro atoms. The van der Waals surface area contributed by atoms with E-state index in [4.69, 9.17) is 9.15 Å². The summed E-state index contributed by atoms with van der Waals surface area (Å²) in [6, 6.07) is 5.94. The molecule has 1 heterocycles. The molecule has 9 nitrogen and oxygen atoms in total. The summed E-state index contributed by atoms with van der Waals surface area (Å²) in [6.45, 7) is -0.259. The third kappa shape index (κ3) is 5.53. The zero-order valence-corrected chi connectivity index (χ0v) is 14.3. The topological polar surface area (TPSA) is 127 Å². The molecule has 0 aliphatic rings. The molecule has 2 aromatic rings. The van der Waals surface area contributed by atoms with Gasteiger partial charge in [0.05, 0.1) is 37.4 Å². The molecule has 0 unspecified atom stereocenters. The van der Waals surface area contributed by atoms with Gasteiger partial charge in [0.2, 0.25) is 15.9 Å². The molecule has 10 heteroatoms. The number of amides is 2. The molecule has 2 rings (SSSR count). The van der Waals surface area contributed by atoms with E-state index in [0.717, 1.165) is 6.26 Å². The van der Waals surface area contributed by atoms with E-state index in [9.17, 15) is 18.0 Å². The van der Waals surface area contributed by atoms with Crippen LogP contribution in [0.3, 0.4) is 0 Å². The Bertz CT molecular complexity index is 861.